The number of hydrogen-bond acceptors (Lipinski definition) is 3. The van der Waals surface area contributed by atoms with Gasteiger partial charge in [-0.25, -0.2) is 0 Å². The number of hydrogen-bond donors (Lipinski definition) is 0. The van der Waals surface area contributed by atoms with E-state index in [1.54, 1.807) is 5.57 Å². The Kier molecular flexibility index (Phi) is 16.2. The van der Waals surface area contributed by atoms with Crippen molar-refractivity contribution >= 4 is 86.4 Å². The van der Waals surface area contributed by atoms with Gasteiger partial charge in [0.25, 0.3) is 0 Å². The molecule has 0 aromatic heterocycles. The standard InChI is InChI=1S/C46H59Br2N2PS.2ClH.Ru/c1-31-26-33(3)42(34(4)27-31)49-44(47)45(48)50(43-35(5)28-32(2)29-36(43)6)46(49)40-24-16-17-25-41(40)51(37-18-10-7-11-19-37,38-20-12-8-13-21-38)30-52-39-22-14-9-15-23-39;;;/h9,14-15,22-23,26-30,37-38,41H,7-8,10-13,16-21,24-25H2,1-6H3;2*1H;/q;;;+2/p-2. The molecule has 0 amide bonds. The number of rotatable bonds is 7. The first-order valence-electron chi connectivity index (χ1n) is 20.4. The Balaban J connectivity index is 0.00000166. The van der Waals surface area contributed by atoms with Gasteiger partial charge in [0.1, 0.15) is 15.0 Å². The molecule has 0 saturated heterocycles. The summed E-state index contributed by atoms with van der Waals surface area (Å²) < 4.78 is 2.24. The molecule has 0 radical (unpaired) electrons. The number of nitrogens with zero attached hydrogens (tertiary/aromatic N) is 2. The predicted octanol–water partition coefficient (Wildman–Crippen LogP) is 16.5. The number of aryl methyl sites for hydroxylation is 6. The molecule has 9 heteroatoms. The summed E-state index contributed by atoms with van der Waals surface area (Å²) in [7, 11) is 9.71. The van der Waals surface area contributed by atoms with Crippen LogP contribution in [0.1, 0.15) is 123 Å². The third-order valence-electron chi connectivity index (χ3n) is 12.6. The molecule has 3 aromatic rings. The van der Waals surface area contributed by atoms with Crippen LogP contribution in [0.15, 0.2) is 80.1 Å². The molecule has 3 saturated carbocycles. The topological polar surface area (TPSA) is 6.48 Å². The zero-order valence-corrected chi connectivity index (χ0v) is 41.7. The molecule has 1 unspecified atom stereocenters. The Labute approximate surface area is 370 Å². The maximum absolute atomic E-state index is 4.85. The van der Waals surface area contributed by atoms with E-state index >= 15 is 0 Å². The number of thioether (sulfide) groups is 1. The SMILES string of the molecule is Cc1cc(C)c(N2C(Br)=C(Br)N(c3c(C)cc(C)cc3C)C2=C2CCCCC2P(=CSc2ccccc2)(C2CCCCC2)C2CCCCC2)c(C)c1.[Cl][Ru][Cl]. The van der Waals surface area contributed by atoms with E-state index in [0.29, 0.717) is 5.66 Å². The summed E-state index contributed by atoms with van der Waals surface area (Å²) in [5.74, 6) is 1.41. The summed E-state index contributed by atoms with van der Waals surface area (Å²) >= 11 is 10.3. The molecule has 0 bridgehead atoms. The first-order chi connectivity index (χ1) is 26.5. The molecule has 300 valence electrons. The van der Waals surface area contributed by atoms with Gasteiger partial charge >= 0.3 is 34.5 Å². The Bertz CT molecular complexity index is 1790. The summed E-state index contributed by atoms with van der Waals surface area (Å²) in [6, 6.07) is 20.9. The van der Waals surface area contributed by atoms with Crippen LogP contribution < -0.4 is 9.80 Å². The molecule has 3 fully saturated rings. The maximum atomic E-state index is 4.85. The van der Waals surface area contributed by atoms with Crippen molar-refractivity contribution in [1.82, 2.24) is 0 Å². The van der Waals surface area contributed by atoms with Gasteiger partial charge in [0.05, 0.1) is 11.4 Å². The summed E-state index contributed by atoms with van der Waals surface area (Å²) in [6.07, 6.45) is 19.2. The Morgan fingerprint density at radius 2 is 1.05 bits per heavy atom. The molecule has 4 aliphatic rings. The molecule has 3 aliphatic carbocycles. The van der Waals surface area contributed by atoms with Gasteiger partial charge < -0.3 is 0 Å². The zero-order valence-electron chi connectivity index (χ0n) is 33.5. The van der Waals surface area contributed by atoms with Crippen molar-refractivity contribution in [3.8, 4) is 0 Å². The van der Waals surface area contributed by atoms with E-state index in [4.69, 9.17) is 19.4 Å². The zero-order chi connectivity index (χ0) is 39.3. The van der Waals surface area contributed by atoms with Gasteiger partial charge in [-0.15, -0.1) is 0 Å². The van der Waals surface area contributed by atoms with E-state index in [9.17, 15) is 0 Å². The Hall–Kier alpha value is -0.447. The molecule has 0 N–H and O–H groups in total. The van der Waals surface area contributed by atoms with Gasteiger partial charge in [0.15, 0.2) is 0 Å². The van der Waals surface area contributed by atoms with Crippen LogP contribution >= 0.6 is 69.9 Å². The van der Waals surface area contributed by atoms with Crippen molar-refractivity contribution in [1.29, 1.82) is 0 Å². The van der Waals surface area contributed by atoms with Gasteiger partial charge in [0.2, 0.25) is 0 Å². The molecule has 3 aromatic carbocycles. The molecule has 1 atom stereocenters. The van der Waals surface area contributed by atoms with Crippen LogP contribution in [-0.4, -0.2) is 22.1 Å². The second-order valence-corrected chi connectivity index (χ2v) is 26.0. The molecule has 7 rings (SSSR count). The summed E-state index contributed by atoms with van der Waals surface area (Å²) in [4.78, 5) is 6.69. The number of benzene rings is 3. The average molecular weight is 1030 g/mol. The predicted molar refractivity (Wildman–Crippen MR) is 251 cm³/mol. The monoisotopic (exact) mass is 1030 g/mol. The van der Waals surface area contributed by atoms with Crippen molar-refractivity contribution in [2.45, 2.75) is 153 Å². The van der Waals surface area contributed by atoms with E-state index in [1.807, 2.05) is 0 Å². The fourth-order valence-corrected chi connectivity index (χ4v) is 20.8. The van der Waals surface area contributed by atoms with Crippen LogP contribution in [0, 0.1) is 41.5 Å². The second kappa shape index (κ2) is 20.2. The molecule has 1 heterocycles. The van der Waals surface area contributed by atoms with E-state index in [-0.39, 0.29) is 15.1 Å². The van der Waals surface area contributed by atoms with Crippen LogP contribution in [0.25, 0.3) is 0 Å². The second-order valence-electron chi connectivity index (χ2n) is 16.4. The van der Waals surface area contributed by atoms with Crippen LogP contribution in [0.4, 0.5) is 11.4 Å². The first kappa shape index (κ1) is 44.1. The van der Waals surface area contributed by atoms with Gasteiger partial charge in [-0.2, -0.15) is 0 Å². The van der Waals surface area contributed by atoms with Gasteiger partial charge in [-0.3, -0.25) is 9.80 Å². The first-order valence-corrected chi connectivity index (χ1v) is 29.4. The van der Waals surface area contributed by atoms with E-state index in [2.05, 4.69) is 155 Å². The van der Waals surface area contributed by atoms with Gasteiger partial charge in [-0.05, 0) is 175 Å². The van der Waals surface area contributed by atoms with Crippen LogP contribution in [0.2, 0.25) is 0 Å². The minimum absolute atomic E-state index is 0.346. The van der Waals surface area contributed by atoms with Crippen LogP contribution in [0.3, 0.4) is 0 Å². The van der Waals surface area contributed by atoms with Crippen molar-refractivity contribution in [3.63, 3.8) is 0 Å². The van der Waals surface area contributed by atoms with Crippen LogP contribution in [0.5, 0.6) is 0 Å². The third-order valence-corrected chi connectivity index (χ3v) is 22.3. The van der Waals surface area contributed by atoms with Crippen molar-refractivity contribution in [2.75, 3.05) is 9.80 Å². The fraction of sp³-hybridized carbons (Fsp3) is 0.500. The van der Waals surface area contributed by atoms with Crippen LogP contribution in [-0.2, 0) is 15.1 Å². The Morgan fingerprint density at radius 3 is 1.49 bits per heavy atom. The van der Waals surface area contributed by atoms with E-state index in [0.717, 1.165) is 20.5 Å². The van der Waals surface area contributed by atoms with Gasteiger partial charge in [-0.1, -0.05) is 117 Å². The minimum atomic E-state index is -1.66. The van der Waals surface area contributed by atoms with E-state index in [1.165, 1.54) is 145 Å². The summed E-state index contributed by atoms with van der Waals surface area (Å²) in [5, 5.41) is 2.98. The molecule has 55 heavy (non-hydrogen) atoms. The summed E-state index contributed by atoms with van der Waals surface area (Å²) in [5.41, 5.74) is 14.6. The molecule has 1 aliphatic heterocycles. The number of anilines is 2. The van der Waals surface area contributed by atoms with Crippen molar-refractivity contribution in [3.05, 3.63) is 109 Å². The Morgan fingerprint density at radius 1 is 0.636 bits per heavy atom. The van der Waals surface area contributed by atoms with Crippen molar-refractivity contribution in [2.24, 2.45) is 0 Å². The molecular weight excluding hydrogens is 975 g/mol. The third kappa shape index (κ3) is 9.48. The summed E-state index contributed by atoms with van der Waals surface area (Å²) in [6.45, 7) is 12.1. The molecule has 0 spiro atoms. The van der Waals surface area contributed by atoms with Crippen molar-refractivity contribution < 1.29 is 15.1 Å². The van der Waals surface area contributed by atoms with E-state index < -0.39 is 6.89 Å². The fourth-order valence-electron chi connectivity index (χ4n) is 10.7. The number of allylic oxidation sites excluding steroid dienone is 1. The number of halogens is 4. The average Bonchev–Trinajstić information content (AvgIpc) is 3.41. The molecule has 2 nitrogen and oxygen atoms in total. The van der Waals surface area contributed by atoms with Gasteiger partial charge in [0, 0.05) is 10.6 Å². The quantitative estimate of drug-likeness (QED) is 0.101. The molecular formula is C46H59Br2Cl2N2PRuS. The normalized spacial score (nSPS) is 20.3.